The van der Waals surface area contributed by atoms with Crippen LogP contribution in [0.4, 0.5) is 5.00 Å². The van der Waals surface area contributed by atoms with Crippen LogP contribution in [0.25, 0.3) is 0 Å². The van der Waals surface area contributed by atoms with Crippen LogP contribution in [-0.4, -0.2) is 41.9 Å². The van der Waals surface area contributed by atoms with Crippen molar-refractivity contribution < 1.29 is 14.3 Å². The number of hydrogen-bond donors (Lipinski definition) is 1. The number of ether oxygens (including phenoxy) is 1. The maximum Gasteiger partial charge on any atom is 0.343 e. The van der Waals surface area contributed by atoms with Crippen LogP contribution in [0.3, 0.4) is 0 Å². The van der Waals surface area contributed by atoms with E-state index < -0.39 is 5.97 Å². The van der Waals surface area contributed by atoms with Gasteiger partial charge in [0, 0.05) is 20.6 Å². The maximum atomic E-state index is 12.1. The first-order valence-electron chi connectivity index (χ1n) is 6.59. The maximum absolute atomic E-state index is 12.1. The Morgan fingerprint density at radius 1 is 1.45 bits per heavy atom. The number of nitrogens with zero attached hydrogens (tertiary/aromatic N) is 2. The molecule has 0 saturated heterocycles. The van der Waals surface area contributed by atoms with E-state index in [-0.39, 0.29) is 12.5 Å². The molecule has 0 atom stereocenters. The summed E-state index contributed by atoms with van der Waals surface area (Å²) in [5.74, 6) is -0.778. The molecule has 2 aromatic rings. The van der Waals surface area contributed by atoms with Crippen LogP contribution < -0.4 is 5.32 Å². The van der Waals surface area contributed by atoms with Crippen molar-refractivity contribution in [2.24, 2.45) is 0 Å². The van der Waals surface area contributed by atoms with Gasteiger partial charge in [0.25, 0.3) is 5.91 Å². The molecule has 0 aliphatic carbocycles. The normalized spacial score (nSPS) is 10.3. The summed E-state index contributed by atoms with van der Waals surface area (Å²) in [6, 6.07) is 1.96. The zero-order valence-corrected chi connectivity index (χ0v) is 14.2. The summed E-state index contributed by atoms with van der Waals surface area (Å²) in [5.41, 5.74) is 2.04. The summed E-state index contributed by atoms with van der Waals surface area (Å²) >= 11 is 2.77. The number of amides is 1. The second-order valence-electron chi connectivity index (χ2n) is 4.68. The van der Waals surface area contributed by atoms with Gasteiger partial charge in [0.1, 0.15) is 10.6 Å². The lowest BCUT2D eigenvalue weighted by molar-refractivity contribution is -0.133. The number of esters is 1. The van der Waals surface area contributed by atoms with E-state index in [9.17, 15) is 9.59 Å². The Labute approximate surface area is 136 Å². The van der Waals surface area contributed by atoms with Gasteiger partial charge in [-0.3, -0.25) is 4.79 Å². The van der Waals surface area contributed by atoms with Crippen molar-refractivity contribution in [3.8, 4) is 0 Å². The number of aromatic nitrogens is 1. The number of thiophene rings is 1. The van der Waals surface area contributed by atoms with Gasteiger partial charge in [-0.2, -0.15) is 15.7 Å². The second-order valence-corrected chi connectivity index (χ2v) is 6.23. The van der Waals surface area contributed by atoms with E-state index in [2.05, 4.69) is 9.69 Å². The van der Waals surface area contributed by atoms with Crippen LogP contribution in [0.5, 0.6) is 0 Å². The van der Waals surface area contributed by atoms with Crippen LogP contribution in [0, 0.1) is 6.92 Å². The Bertz CT molecular complexity index is 652. The average molecular weight is 339 g/mol. The van der Waals surface area contributed by atoms with Crippen LogP contribution in [0.1, 0.15) is 21.6 Å². The highest BCUT2D eigenvalue weighted by Gasteiger charge is 2.21. The smallest absolute Gasteiger partial charge is 0.343 e. The summed E-state index contributed by atoms with van der Waals surface area (Å²) in [7, 11) is 3.40. The number of carbonyl (C=O) groups excluding carboxylic acids is 2. The third kappa shape index (κ3) is 3.83. The summed E-state index contributed by atoms with van der Waals surface area (Å²) in [6.07, 6.45) is 0. The highest BCUT2D eigenvalue weighted by molar-refractivity contribution is 7.10. The number of nitrogens with one attached hydrogen (secondary N) is 1. The number of anilines is 1. The molecule has 0 aliphatic heterocycles. The molecule has 118 valence electrons. The molecule has 0 aromatic carbocycles. The van der Waals surface area contributed by atoms with E-state index in [0.29, 0.717) is 22.8 Å². The van der Waals surface area contributed by atoms with Crippen molar-refractivity contribution >= 4 is 39.7 Å². The van der Waals surface area contributed by atoms with Gasteiger partial charge >= 0.3 is 5.97 Å². The van der Waals surface area contributed by atoms with Gasteiger partial charge in [-0.1, -0.05) is 0 Å². The number of carbonyl (C=O) groups is 2. The molecule has 8 heteroatoms. The fourth-order valence-corrected chi connectivity index (χ4v) is 3.23. The predicted molar refractivity (Wildman–Crippen MR) is 87.5 cm³/mol. The Morgan fingerprint density at radius 2 is 2.23 bits per heavy atom. The SMILES string of the molecule is CNc1snc(C)c1C(=O)OCC(=O)N(C)Cc1ccsc1. The molecule has 0 unspecified atom stereocenters. The summed E-state index contributed by atoms with van der Waals surface area (Å²) < 4.78 is 9.22. The number of rotatable bonds is 6. The number of likely N-dealkylation sites (N-methyl/N-ethyl adjacent to an activating group) is 1. The third-order valence-electron chi connectivity index (χ3n) is 3.05. The summed E-state index contributed by atoms with van der Waals surface area (Å²) in [4.78, 5) is 25.6. The molecule has 1 N–H and O–H groups in total. The molecule has 2 heterocycles. The van der Waals surface area contributed by atoms with Crippen molar-refractivity contribution in [1.29, 1.82) is 0 Å². The quantitative estimate of drug-likeness (QED) is 0.818. The van der Waals surface area contributed by atoms with Crippen molar-refractivity contribution in [2.45, 2.75) is 13.5 Å². The molecule has 0 fully saturated rings. The molecule has 0 aliphatic rings. The molecule has 22 heavy (non-hydrogen) atoms. The molecule has 2 rings (SSSR count). The van der Waals surface area contributed by atoms with E-state index in [1.165, 1.54) is 16.4 Å². The van der Waals surface area contributed by atoms with E-state index in [1.807, 2.05) is 16.8 Å². The number of aryl methyl sites for hydroxylation is 1. The van der Waals surface area contributed by atoms with Gasteiger partial charge in [-0.25, -0.2) is 4.79 Å². The zero-order chi connectivity index (χ0) is 16.1. The van der Waals surface area contributed by atoms with Crippen LogP contribution >= 0.6 is 22.9 Å². The van der Waals surface area contributed by atoms with Crippen molar-refractivity contribution in [2.75, 3.05) is 26.0 Å². The standard InChI is InChI=1S/C14H17N3O3S2/c1-9-12(13(15-2)22-16-9)14(19)20-7-11(18)17(3)6-10-4-5-21-8-10/h4-5,8,15H,6-7H2,1-3H3. The lowest BCUT2D eigenvalue weighted by Crippen LogP contribution is -2.30. The molecule has 2 aromatic heterocycles. The van der Waals surface area contributed by atoms with Gasteiger partial charge in [0.05, 0.1) is 5.69 Å². The Hall–Kier alpha value is -1.93. The molecule has 6 nitrogen and oxygen atoms in total. The minimum absolute atomic E-state index is 0.244. The van der Waals surface area contributed by atoms with Crippen LogP contribution in [-0.2, 0) is 16.1 Å². The lowest BCUT2D eigenvalue weighted by Gasteiger charge is -2.16. The largest absolute Gasteiger partial charge is 0.452 e. The minimum Gasteiger partial charge on any atom is -0.452 e. The minimum atomic E-state index is -0.534. The predicted octanol–water partition coefficient (Wildman–Crippen LogP) is 2.37. The van der Waals surface area contributed by atoms with Crippen molar-refractivity contribution in [3.63, 3.8) is 0 Å². The molecule has 0 saturated carbocycles. The molecule has 0 bridgehead atoms. The zero-order valence-electron chi connectivity index (χ0n) is 12.6. The van der Waals surface area contributed by atoms with Gasteiger partial charge in [-0.05, 0) is 40.8 Å². The second kappa shape index (κ2) is 7.37. The Balaban J connectivity index is 1.90. The molecule has 1 amide bonds. The summed E-state index contributed by atoms with van der Waals surface area (Å²) in [6.45, 7) is 1.96. The fourth-order valence-electron chi connectivity index (χ4n) is 1.84. The molecule has 0 spiro atoms. The van der Waals surface area contributed by atoms with E-state index in [0.717, 1.165) is 5.56 Å². The van der Waals surface area contributed by atoms with Gasteiger partial charge in [-0.15, -0.1) is 0 Å². The highest BCUT2D eigenvalue weighted by atomic mass is 32.1. The lowest BCUT2D eigenvalue weighted by atomic mass is 10.2. The molecular weight excluding hydrogens is 322 g/mol. The highest BCUT2D eigenvalue weighted by Crippen LogP contribution is 2.24. The van der Waals surface area contributed by atoms with Gasteiger partial charge in [0.15, 0.2) is 6.61 Å². The Kier molecular flexibility index (Phi) is 5.51. The van der Waals surface area contributed by atoms with Crippen molar-refractivity contribution in [1.82, 2.24) is 9.27 Å². The Morgan fingerprint density at radius 3 is 2.86 bits per heavy atom. The first kappa shape index (κ1) is 16.4. The monoisotopic (exact) mass is 339 g/mol. The van der Waals surface area contributed by atoms with Gasteiger partial charge in [0.2, 0.25) is 0 Å². The van der Waals surface area contributed by atoms with E-state index in [4.69, 9.17) is 4.74 Å². The molecular formula is C14H17N3O3S2. The van der Waals surface area contributed by atoms with Crippen LogP contribution in [0.15, 0.2) is 16.8 Å². The topological polar surface area (TPSA) is 71.5 Å². The van der Waals surface area contributed by atoms with E-state index in [1.54, 1.807) is 32.4 Å². The first-order chi connectivity index (χ1) is 10.5. The fraction of sp³-hybridized carbons (Fsp3) is 0.357. The first-order valence-corrected chi connectivity index (χ1v) is 8.30. The third-order valence-corrected chi connectivity index (χ3v) is 4.73. The van der Waals surface area contributed by atoms with Crippen molar-refractivity contribution in [3.05, 3.63) is 33.6 Å². The van der Waals surface area contributed by atoms with E-state index >= 15 is 0 Å². The molecule has 0 radical (unpaired) electrons. The average Bonchev–Trinajstić information content (AvgIpc) is 3.13. The van der Waals surface area contributed by atoms with Crippen LogP contribution in [0.2, 0.25) is 0 Å². The van der Waals surface area contributed by atoms with Gasteiger partial charge < -0.3 is 15.0 Å². The summed E-state index contributed by atoms with van der Waals surface area (Å²) in [5, 5.41) is 7.48. The number of hydrogen-bond acceptors (Lipinski definition) is 7.